The van der Waals surface area contributed by atoms with Gasteiger partial charge in [0.15, 0.2) is 0 Å². The van der Waals surface area contributed by atoms with Crippen molar-refractivity contribution in [1.29, 1.82) is 0 Å². The van der Waals surface area contributed by atoms with Gasteiger partial charge in [-0.3, -0.25) is 0 Å². The third-order valence-electron chi connectivity index (χ3n) is 7.90. The van der Waals surface area contributed by atoms with Gasteiger partial charge < -0.3 is 0 Å². The fourth-order valence-electron chi connectivity index (χ4n) is 6.35. The Morgan fingerprint density at radius 1 is 0.600 bits per heavy atom. The largest absolute Gasteiger partial charge is 0.0585 e. The topological polar surface area (TPSA) is 0 Å². The lowest BCUT2D eigenvalue weighted by Crippen LogP contribution is -2.23. The van der Waals surface area contributed by atoms with E-state index in [0.717, 1.165) is 23.7 Å². The van der Waals surface area contributed by atoms with E-state index >= 15 is 0 Å². The van der Waals surface area contributed by atoms with Gasteiger partial charge in [-0.2, -0.15) is 0 Å². The normalized spacial score (nSPS) is 29.6. The van der Waals surface area contributed by atoms with Crippen LogP contribution >= 0.6 is 0 Å². The van der Waals surface area contributed by atoms with Gasteiger partial charge in [-0.15, -0.1) is 0 Å². The predicted molar refractivity (Wildman–Crippen MR) is 108 cm³/mol. The molecule has 138 valence electrons. The molecule has 0 aliphatic heterocycles. The predicted octanol–water partition coefficient (Wildman–Crippen LogP) is 7.90. The Balaban J connectivity index is 1.37. The first-order chi connectivity index (χ1) is 12.3. The van der Waals surface area contributed by atoms with Crippen LogP contribution in [0, 0.1) is 18.8 Å². The minimum Gasteiger partial charge on any atom is -0.0585 e. The smallest absolute Gasteiger partial charge is 0.0159 e. The molecule has 0 aromatic heterocycles. The zero-order chi connectivity index (χ0) is 17.1. The summed E-state index contributed by atoms with van der Waals surface area (Å²) in [6, 6.07) is 7.58. The minimum atomic E-state index is 0.846. The van der Waals surface area contributed by atoms with Gasteiger partial charge in [-0.1, -0.05) is 69.6 Å². The molecule has 0 spiro atoms. The van der Waals surface area contributed by atoms with Crippen molar-refractivity contribution >= 4 is 0 Å². The highest BCUT2D eigenvalue weighted by molar-refractivity contribution is 5.35. The molecule has 0 radical (unpaired) electrons. The summed E-state index contributed by atoms with van der Waals surface area (Å²) in [4.78, 5) is 0. The van der Waals surface area contributed by atoms with Crippen LogP contribution in [0.5, 0.6) is 0 Å². The lowest BCUT2D eigenvalue weighted by Gasteiger charge is -2.36. The van der Waals surface area contributed by atoms with Crippen LogP contribution in [-0.2, 0) is 0 Å². The van der Waals surface area contributed by atoms with Crippen molar-refractivity contribution in [2.45, 2.75) is 109 Å². The molecule has 0 heterocycles. The van der Waals surface area contributed by atoms with E-state index in [1.807, 2.05) is 0 Å². The molecule has 3 aliphatic rings. The lowest BCUT2D eigenvalue weighted by atomic mass is 9.69. The molecular formula is C25H38. The Hall–Kier alpha value is -0.780. The SMILES string of the molecule is Cc1cc(C2CCC(C3CCCCC3)CC2)ccc1C1CCCCC1. The molecule has 0 saturated heterocycles. The van der Waals surface area contributed by atoms with Gasteiger partial charge in [0, 0.05) is 0 Å². The zero-order valence-electron chi connectivity index (χ0n) is 16.4. The second-order valence-corrected chi connectivity index (χ2v) is 9.46. The van der Waals surface area contributed by atoms with E-state index in [1.165, 1.54) is 89.9 Å². The average molecular weight is 339 g/mol. The molecule has 3 aliphatic carbocycles. The van der Waals surface area contributed by atoms with Crippen molar-refractivity contribution in [2.24, 2.45) is 11.8 Å². The van der Waals surface area contributed by atoms with Gasteiger partial charge >= 0.3 is 0 Å². The Kier molecular flexibility index (Phi) is 5.83. The molecule has 0 bridgehead atoms. The van der Waals surface area contributed by atoms with E-state index in [9.17, 15) is 0 Å². The third-order valence-corrected chi connectivity index (χ3v) is 7.90. The quantitative estimate of drug-likeness (QED) is 0.525. The highest BCUT2D eigenvalue weighted by Crippen LogP contribution is 2.43. The van der Waals surface area contributed by atoms with Crippen molar-refractivity contribution in [3.05, 3.63) is 34.9 Å². The van der Waals surface area contributed by atoms with E-state index in [-0.39, 0.29) is 0 Å². The summed E-state index contributed by atoms with van der Waals surface area (Å²) in [5.74, 6) is 3.83. The van der Waals surface area contributed by atoms with E-state index in [2.05, 4.69) is 25.1 Å². The van der Waals surface area contributed by atoms with Crippen LogP contribution in [0.4, 0.5) is 0 Å². The van der Waals surface area contributed by atoms with Crippen LogP contribution in [0.1, 0.15) is 118 Å². The average Bonchev–Trinajstić information content (AvgIpc) is 2.69. The molecule has 25 heavy (non-hydrogen) atoms. The number of rotatable bonds is 3. The lowest BCUT2D eigenvalue weighted by molar-refractivity contribution is 0.186. The molecule has 3 saturated carbocycles. The minimum absolute atomic E-state index is 0.846. The Morgan fingerprint density at radius 3 is 1.84 bits per heavy atom. The molecular weight excluding hydrogens is 300 g/mol. The molecule has 0 atom stereocenters. The van der Waals surface area contributed by atoms with Crippen LogP contribution in [0.25, 0.3) is 0 Å². The van der Waals surface area contributed by atoms with E-state index in [4.69, 9.17) is 0 Å². The Labute approximate surface area is 155 Å². The van der Waals surface area contributed by atoms with Gasteiger partial charge in [0.05, 0.1) is 0 Å². The first-order valence-electron chi connectivity index (χ1n) is 11.4. The fourth-order valence-corrected chi connectivity index (χ4v) is 6.35. The maximum atomic E-state index is 2.57. The third kappa shape index (κ3) is 4.15. The molecule has 0 heteroatoms. The van der Waals surface area contributed by atoms with Crippen LogP contribution in [0.15, 0.2) is 18.2 Å². The van der Waals surface area contributed by atoms with Crippen LogP contribution in [0.3, 0.4) is 0 Å². The number of hydrogen-bond acceptors (Lipinski definition) is 0. The van der Waals surface area contributed by atoms with Crippen molar-refractivity contribution < 1.29 is 0 Å². The van der Waals surface area contributed by atoms with Gasteiger partial charge in [0.1, 0.15) is 0 Å². The van der Waals surface area contributed by atoms with Gasteiger partial charge in [0.2, 0.25) is 0 Å². The molecule has 1 aromatic carbocycles. The van der Waals surface area contributed by atoms with Crippen molar-refractivity contribution in [2.75, 3.05) is 0 Å². The van der Waals surface area contributed by atoms with Crippen molar-refractivity contribution in [3.63, 3.8) is 0 Å². The molecule has 3 fully saturated rings. The maximum absolute atomic E-state index is 2.57. The summed E-state index contributed by atoms with van der Waals surface area (Å²) in [6.07, 6.45) is 20.7. The maximum Gasteiger partial charge on any atom is -0.0159 e. The highest BCUT2D eigenvalue weighted by atomic mass is 14.3. The van der Waals surface area contributed by atoms with E-state index < -0.39 is 0 Å². The van der Waals surface area contributed by atoms with Crippen molar-refractivity contribution in [3.8, 4) is 0 Å². The zero-order valence-corrected chi connectivity index (χ0v) is 16.4. The summed E-state index contributed by atoms with van der Waals surface area (Å²) in [6.45, 7) is 2.38. The number of aryl methyl sites for hydroxylation is 1. The van der Waals surface area contributed by atoms with Crippen LogP contribution in [0.2, 0.25) is 0 Å². The Morgan fingerprint density at radius 2 is 1.20 bits per heavy atom. The van der Waals surface area contributed by atoms with Gasteiger partial charge in [0.25, 0.3) is 0 Å². The molecule has 0 unspecified atom stereocenters. The van der Waals surface area contributed by atoms with Crippen molar-refractivity contribution in [1.82, 2.24) is 0 Å². The van der Waals surface area contributed by atoms with E-state index in [1.54, 1.807) is 16.7 Å². The van der Waals surface area contributed by atoms with Crippen LogP contribution in [-0.4, -0.2) is 0 Å². The summed E-state index contributed by atoms with van der Waals surface area (Å²) in [5, 5.41) is 0. The first-order valence-corrected chi connectivity index (χ1v) is 11.4. The van der Waals surface area contributed by atoms with Gasteiger partial charge in [-0.25, -0.2) is 0 Å². The first kappa shape index (κ1) is 17.6. The molecule has 0 N–H and O–H groups in total. The van der Waals surface area contributed by atoms with Crippen LogP contribution < -0.4 is 0 Å². The molecule has 0 amide bonds. The number of benzene rings is 1. The fraction of sp³-hybridized carbons (Fsp3) is 0.760. The number of hydrogen-bond donors (Lipinski definition) is 0. The standard InChI is InChI=1S/C25H38/c1-19-18-24(16-17-25(19)23-10-6-3-7-11-23)22-14-12-21(13-15-22)20-8-4-2-5-9-20/h16-18,20-23H,2-15H2,1H3. The van der Waals surface area contributed by atoms with Gasteiger partial charge in [-0.05, 0) is 85.8 Å². The molecule has 1 aromatic rings. The summed E-state index contributed by atoms with van der Waals surface area (Å²) in [7, 11) is 0. The summed E-state index contributed by atoms with van der Waals surface area (Å²) >= 11 is 0. The molecule has 4 rings (SSSR count). The second kappa shape index (κ2) is 8.28. The summed E-state index contributed by atoms with van der Waals surface area (Å²) in [5.41, 5.74) is 4.90. The highest BCUT2D eigenvalue weighted by Gasteiger charge is 2.29. The Bertz CT molecular complexity index is 537. The summed E-state index contributed by atoms with van der Waals surface area (Å²) < 4.78 is 0. The second-order valence-electron chi connectivity index (χ2n) is 9.46. The molecule has 0 nitrogen and oxygen atoms in total. The monoisotopic (exact) mass is 338 g/mol. The van der Waals surface area contributed by atoms with E-state index in [0.29, 0.717) is 0 Å².